The maximum atomic E-state index is 10.1. The van der Waals surface area contributed by atoms with Crippen LogP contribution < -0.4 is 0 Å². The third-order valence-corrected chi connectivity index (χ3v) is 2.11. The fraction of sp³-hybridized carbons (Fsp3) is 0.182. The summed E-state index contributed by atoms with van der Waals surface area (Å²) in [5, 5.41) is 9.72. The topological polar surface area (TPSA) is 37.3 Å². The van der Waals surface area contributed by atoms with E-state index in [9.17, 15) is 9.90 Å². The fourth-order valence-electron chi connectivity index (χ4n) is 1.12. The molecule has 1 aromatic rings. The predicted octanol–water partition coefficient (Wildman–Crippen LogP) is 2.96. The third-order valence-electron chi connectivity index (χ3n) is 1.82. The summed E-state index contributed by atoms with van der Waals surface area (Å²) in [6, 6.07) is 3.47. The average Bonchev–Trinajstić information content (AvgIpc) is 2.14. The number of carbonyl (C=O) groups excluding carboxylic acids is 1. The SMILES string of the molecule is Cc1cc(C=CCC=O)cc(Cl)c1O. The minimum absolute atomic E-state index is 0.110. The molecular formula is C11H11ClO2. The molecule has 0 saturated carbocycles. The number of rotatable bonds is 3. The van der Waals surface area contributed by atoms with Gasteiger partial charge in [-0.05, 0) is 30.2 Å². The standard InChI is InChI=1S/C11H11ClO2/c1-8-6-9(4-2-3-5-13)7-10(12)11(8)14/h2,4-7,14H,3H2,1H3. The molecule has 0 aliphatic rings. The van der Waals surface area contributed by atoms with Crippen LogP contribution in [0.25, 0.3) is 6.08 Å². The highest BCUT2D eigenvalue weighted by Gasteiger charge is 2.02. The maximum Gasteiger partial charge on any atom is 0.137 e. The number of benzene rings is 1. The molecule has 1 rings (SSSR count). The van der Waals surface area contributed by atoms with Crippen molar-refractivity contribution in [2.75, 3.05) is 0 Å². The molecule has 3 heteroatoms. The van der Waals surface area contributed by atoms with Crippen molar-refractivity contribution in [2.45, 2.75) is 13.3 Å². The van der Waals surface area contributed by atoms with E-state index >= 15 is 0 Å². The first-order valence-corrected chi connectivity index (χ1v) is 4.62. The molecule has 1 aromatic carbocycles. The van der Waals surface area contributed by atoms with Gasteiger partial charge in [0.15, 0.2) is 0 Å². The van der Waals surface area contributed by atoms with Gasteiger partial charge in [0.1, 0.15) is 12.0 Å². The second kappa shape index (κ2) is 4.82. The molecule has 0 radical (unpaired) electrons. The van der Waals surface area contributed by atoms with Crippen molar-refractivity contribution in [3.63, 3.8) is 0 Å². The van der Waals surface area contributed by atoms with Crippen LogP contribution in [0.1, 0.15) is 17.5 Å². The van der Waals surface area contributed by atoms with Crippen LogP contribution in [0.2, 0.25) is 5.02 Å². The van der Waals surface area contributed by atoms with Crippen LogP contribution in [-0.2, 0) is 4.79 Å². The Morgan fingerprint density at radius 1 is 1.50 bits per heavy atom. The van der Waals surface area contributed by atoms with Crippen LogP contribution in [0, 0.1) is 6.92 Å². The van der Waals surface area contributed by atoms with Gasteiger partial charge in [0.2, 0.25) is 0 Å². The Hall–Kier alpha value is -1.28. The molecule has 0 fully saturated rings. The second-order valence-electron chi connectivity index (χ2n) is 2.97. The van der Waals surface area contributed by atoms with Crippen molar-refractivity contribution in [3.05, 3.63) is 34.4 Å². The highest BCUT2D eigenvalue weighted by molar-refractivity contribution is 6.32. The van der Waals surface area contributed by atoms with E-state index in [0.29, 0.717) is 11.4 Å². The Morgan fingerprint density at radius 2 is 2.21 bits per heavy atom. The van der Waals surface area contributed by atoms with Crippen LogP contribution in [0.4, 0.5) is 0 Å². The molecule has 0 heterocycles. The summed E-state index contributed by atoms with van der Waals surface area (Å²) in [7, 11) is 0. The van der Waals surface area contributed by atoms with Crippen molar-refractivity contribution >= 4 is 24.0 Å². The largest absolute Gasteiger partial charge is 0.506 e. The summed E-state index contributed by atoms with van der Waals surface area (Å²) >= 11 is 5.78. The molecule has 0 aliphatic carbocycles. The molecule has 2 nitrogen and oxygen atoms in total. The zero-order chi connectivity index (χ0) is 10.6. The molecule has 0 unspecified atom stereocenters. The van der Waals surface area contributed by atoms with Crippen molar-refractivity contribution in [2.24, 2.45) is 0 Å². The number of aromatic hydroxyl groups is 1. The maximum absolute atomic E-state index is 10.1. The summed E-state index contributed by atoms with van der Waals surface area (Å²) in [6.07, 6.45) is 4.75. The molecular weight excluding hydrogens is 200 g/mol. The van der Waals surface area contributed by atoms with Gasteiger partial charge in [-0.25, -0.2) is 0 Å². The number of allylic oxidation sites excluding steroid dienone is 1. The van der Waals surface area contributed by atoms with Crippen molar-refractivity contribution in [1.82, 2.24) is 0 Å². The van der Waals surface area contributed by atoms with Gasteiger partial charge in [-0.2, -0.15) is 0 Å². The first-order chi connectivity index (χ1) is 6.65. The number of hydrogen-bond acceptors (Lipinski definition) is 2. The molecule has 0 bridgehead atoms. The van der Waals surface area contributed by atoms with Gasteiger partial charge in [0.25, 0.3) is 0 Å². The predicted molar refractivity (Wildman–Crippen MR) is 57.6 cm³/mol. The Balaban J connectivity index is 2.95. The molecule has 74 valence electrons. The third kappa shape index (κ3) is 2.60. The molecule has 0 aromatic heterocycles. The summed E-state index contributed by atoms with van der Waals surface area (Å²) in [5.74, 6) is 0.110. The van der Waals surface area contributed by atoms with Crippen LogP contribution >= 0.6 is 11.6 Å². The van der Waals surface area contributed by atoms with Crippen LogP contribution in [0.15, 0.2) is 18.2 Å². The number of phenols is 1. The number of phenolic OH excluding ortho intramolecular Hbond substituents is 1. The van der Waals surface area contributed by atoms with Gasteiger partial charge in [-0.3, -0.25) is 0 Å². The zero-order valence-corrected chi connectivity index (χ0v) is 8.58. The second-order valence-corrected chi connectivity index (χ2v) is 3.38. The minimum atomic E-state index is 0.110. The summed E-state index contributed by atoms with van der Waals surface area (Å²) in [6.45, 7) is 1.78. The zero-order valence-electron chi connectivity index (χ0n) is 7.83. The van der Waals surface area contributed by atoms with Gasteiger partial charge in [0.05, 0.1) is 5.02 Å². The number of halogens is 1. The van der Waals surface area contributed by atoms with Gasteiger partial charge >= 0.3 is 0 Å². The van der Waals surface area contributed by atoms with Crippen molar-refractivity contribution in [1.29, 1.82) is 0 Å². The molecule has 14 heavy (non-hydrogen) atoms. The van der Waals surface area contributed by atoms with Gasteiger partial charge in [0, 0.05) is 6.42 Å². The Labute approximate surface area is 87.8 Å². The summed E-state index contributed by atoms with van der Waals surface area (Å²) in [5.41, 5.74) is 1.61. The number of aryl methyl sites for hydroxylation is 1. The van der Waals surface area contributed by atoms with Crippen molar-refractivity contribution in [3.8, 4) is 5.75 Å². The van der Waals surface area contributed by atoms with Crippen molar-refractivity contribution < 1.29 is 9.90 Å². The van der Waals surface area contributed by atoms with Gasteiger partial charge < -0.3 is 9.90 Å². The summed E-state index contributed by atoms with van der Waals surface area (Å²) in [4.78, 5) is 10.1. The molecule has 0 aliphatic heterocycles. The highest BCUT2D eigenvalue weighted by Crippen LogP contribution is 2.28. The average molecular weight is 211 g/mol. The summed E-state index contributed by atoms with van der Waals surface area (Å²) < 4.78 is 0. The van der Waals surface area contributed by atoms with E-state index in [-0.39, 0.29) is 5.75 Å². The number of hydrogen-bond donors (Lipinski definition) is 1. The van der Waals surface area contributed by atoms with Crippen LogP contribution in [-0.4, -0.2) is 11.4 Å². The monoisotopic (exact) mass is 210 g/mol. The van der Waals surface area contributed by atoms with E-state index in [1.165, 1.54) is 0 Å². The van der Waals surface area contributed by atoms with E-state index in [4.69, 9.17) is 11.6 Å². The highest BCUT2D eigenvalue weighted by atomic mass is 35.5. The normalized spacial score (nSPS) is 10.7. The van der Waals surface area contributed by atoms with E-state index in [1.54, 1.807) is 25.1 Å². The number of carbonyl (C=O) groups is 1. The number of aldehydes is 1. The quantitative estimate of drug-likeness (QED) is 0.779. The molecule has 1 N–H and O–H groups in total. The fourth-order valence-corrected chi connectivity index (χ4v) is 1.39. The van der Waals surface area contributed by atoms with Crippen LogP contribution in [0.3, 0.4) is 0 Å². The van der Waals surface area contributed by atoms with E-state index in [0.717, 1.165) is 17.4 Å². The lowest BCUT2D eigenvalue weighted by Crippen LogP contribution is -1.80. The lowest BCUT2D eigenvalue weighted by molar-refractivity contribution is -0.107. The first-order valence-electron chi connectivity index (χ1n) is 4.24. The van der Waals surface area contributed by atoms with E-state index < -0.39 is 0 Å². The van der Waals surface area contributed by atoms with Crippen LogP contribution in [0.5, 0.6) is 5.75 Å². The van der Waals surface area contributed by atoms with E-state index in [1.807, 2.05) is 6.07 Å². The minimum Gasteiger partial charge on any atom is -0.506 e. The lowest BCUT2D eigenvalue weighted by atomic mass is 10.1. The Morgan fingerprint density at radius 3 is 2.79 bits per heavy atom. The first kappa shape index (κ1) is 10.8. The van der Waals surface area contributed by atoms with Gasteiger partial charge in [-0.15, -0.1) is 0 Å². The lowest BCUT2D eigenvalue weighted by Gasteiger charge is -2.02. The van der Waals surface area contributed by atoms with Gasteiger partial charge in [-0.1, -0.05) is 23.8 Å². The molecule has 0 saturated heterocycles. The smallest absolute Gasteiger partial charge is 0.137 e. The molecule has 0 spiro atoms. The molecule has 0 atom stereocenters. The Kier molecular flexibility index (Phi) is 3.72. The van der Waals surface area contributed by atoms with E-state index in [2.05, 4.69) is 0 Å². The Bertz CT molecular complexity index is 347. The molecule has 0 amide bonds.